The Morgan fingerprint density at radius 1 is 0.871 bits per heavy atom. The number of hydrogen-bond acceptors (Lipinski definition) is 4. The van der Waals surface area contributed by atoms with E-state index in [2.05, 4.69) is 10.3 Å². The van der Waals surface area contributed by atoms with E-state index < -0.39 is 0 Å². The molecular weight excluding hydrogens is 406 g/mol. The van der Waals surface area contributed by atoms with Gasteiger partial charge in [-0.3, -0.25) is 9.59 Å². The van der Waals surface area contributed by atoms with Gasteiger partial charge in [-0.25, -0.2) is 4.98 Å². The van der Waals surface area contributed by atoms with Gasteiger partial charge in [0.15, 0.2) is 0 Å². The summed E-state index contributed by atoms with van der Waals surface area (Å²) in [5.41, 5.74) is 2.62. The summed E-state index contributed by atoms with van der Waals surface area (Å²) in [5.74, 6) is -0.116. The third-order valence-corrected chi connectivity index (χ3v) is 5.66. The summed E-state index contributed by atoms with van der Waals surface area (Å²) < 4.78 is 1.66. The molecule has 0 aliphatic heterocycles. The number of carbonyl (C=O) groups is 1. The summed E-state index contributed by atoms with van der Waals surface area (Å²) in [4.78, 5) is 29.6. The SMILES string of the molecule is O=C(NCc1ccc(Cn2ccccc2=O)cc1)c1ccc(Sc2ccccn2)cc1. The van der Waals surface area contributed by atoms with Crippen LogP contribution in [0.15, 0.2) is 112 Å². The summed E-state index contributed by atoms with van der Waals surface area (Å²) >= 11 is 1.56. The maximum Gasteiger partial charge on any atom is 0.251 e. The highest BCUT2D eigenvalue weighted by Crippen LogP contribution is 2.25. The van der Waals surface area contributed by atoms with E-state index >= 15 is 0 Å². The van der Waals surface area contributed by atoms with Gasteiger partial charge in [0.2, 0.25) is 0 Å². The van der Waals surface area contributed by atoms with Crippen molar-refractivity contribution >= 4 is 17.7 Å². The van der Waals surface area contributed by atoms with Gasteiger partial charge in [0.1, 0.15) is 5.03 Å². The van der Waals surface area contributed by atoms with Crippen molar-refractivity contribution in [1.82, 2.24) is 14.9 Å². The van der Waals surface area contributed by atoms with Crippen LogP contribution in [-0.2, 0) is 13.1 Å². The van der Waals surface area contributed by atoms with Gasteiger partial charge in [-0.1, -0.05) is 48.2 Å². The average molecular weight is 428 g/mol. The molecule has 0 fully saturated rings. The highest BCUT2D eigenvalue weighted by molar-refractivity contribution is 7.99. The Balaban J connectivity index is 1.31. The van der Waals surface area contributed by atoms with Gasteiger partial charge < -0.3 is 9.88 Å². The van der Waals surface area contributed by atoms with Crippen molar-refractivity contribution in [3.05, 3.63) is 124 Å². The Morgan fingerprint density at radius 2 is 1.61 bits per heavy atom. The van der Waals surface area contributed by atoms with Crippen LogP contribution in [0.5, 0.6) is 0 Å². The van der Waals surface area contributed by atoms with Crippen LogP contribution in [0.1, 0.15) is 21.5 Å². The van der Waals surface area contributed by atoms with Crippen LogP contribution in [0, 0.1) is 0 Å². The standard InChI is InChI=1S/C25H21N3O2S/c29-24-6-2-4-16-28(24)18-20-9-7-19(8-10-20)17-27-25(30)21-11-13-22(14-12-21)31-23-5-1-3-15-26-23/h1-16H,17-18H2,(H,27,30). The molecule has 5 nitrogen and oxygen atoms in total. The number of pyridine rings is 2. The molecular formula is C25H21N3O2S. The van der Waals surface area contributed by atoms with Gasteiger partial charge in [-0.15, -0.1) is 0 Å². The lowest BCUT2D eigenvalue weighted by atomic mass is 10.1. The highest BCUT2D eigenvalue weighted by atomic mass is 32.2. The second-order valence-electron chi connectivity index (χ2n) is 6.96. The molecule has 0 saturated heterocycles. The van der Waals surface area contributed by atoms with Gasteiger partial charge in [-0.2, -0.15) is 0 Å². The van der Waals surface area contributed by atoms with E-state index in [9.17, 15) is 9.59 Å². The molecule has 6 heteroatoms. The van der Waals surface area contributed by atoms with Crippen molar-refractivity contribution < 1.29 is 4.79 Å². The Kier molecular flexibility index (Phi) is 6.59. The maximum atomic E-state index is 12.5. The second kappa shape index (κ2) is 9.91. The third-order valence-electron chi connectivity index (χ3n) is 4.70. The first-order valence-electron chi connectivity index (χ1n) is 9.88. The molecule has 2 heterocycles. The zero-order chi connectivity index (χ0) is 21.5. The molecule has 0 spiro atoms. The Bertz CT molecular complexity index is 1200. The molecule has 2 aromatic carbocycles. The van der Waals surface area contributed by atoms with Crippen molar-refractivity contribution in [3.63, 3.8) is 0 Å². The smallest absolute Gasteiger partial charge is 0.251 e. The van der Waals surface area contributed by atoms with Gasteiger partial charge in [0.25, 0.3) is 11.5 Å². The lowest BCUT2D eigenvalue weighted by Crippen LogP contribution is -2.22. The number of rotatable bonds is 7. The van der Waals surface area contributed by atoms with Crippen LogP contribution in [0.4, 0.5) is 0 Å². The molecule has 4 aromatic rings. The number of carbonyl (C=O) groups excluding carboxylic acids is 1. The Labute approximate surface area is 184 Å². The Hall–Kier alpha value is -3.64. The molecule has 2 aromatic heterocycles. The average Bonchev–Trinajstić information content (AvgIpc) is 2.81. The number of amides is 1. The summed E-state index contributed by atoms with van der Waals surface area (Å²) in [7, 11) is 0. The molecule has 1 N–H and O–H groups in total. The zero-order valence-electron chi connectivity index (χ0n) is 16.8. The topological polar surface area (TPSA) is 64.0 Å². The van der Waals surface area contributed by atoms with Gasteiger partial charge in [0, 0.05) is 35.5 Å². The predicted molar refractivity (Wildman–Crippen MR) is 122 cm³/mol. The van der Waals surface area contributed by atoms with Crippen LogP contribution in [0.25, 0.3) is 0 Å². The molecule has 4 rings (SSSR count). The summed E-state index contributed by atoms with van der Waals surface area (Å²) in [6.07, 6.45) is 3.54. The molecule has 0 aliphatic carbocycles. The number of aromatic nitrogens is 2. The monoisotopic (exact) mass is 427 g/mol. The van der Waals surface area contributed by atoms with E-state index in [1.807, 2.05) is 72.8 Å². The van der Waals surface area contributed by atoms with Gasteiger partial charge in [0.05, 0.1) is 6.54 Å². The number of benzene rings is 2. The maximum absolute atomic E-state index is 12.5. The normalized spacial score (nSPS) is 10.6. The molecule has 0 aliphatic rings. The van der Waals surface area contributed by atoms with Crippen LogP contribution in [0.3, 0.4) is 0 Å². The zero-order valence-corrected chi connectivity index (χ0v) is 17.6. The van der Waals surface area contributed by atoms with E-state index in [-0.39, 0.29) is 11.5 Å². The Morgan fingerprint density at radius 3 is 2.32 bits per heavy atom. The molecule has 0 bridgehead atoms. The third kappa shape index (κ3) is 5.71. The summed E-state index contributed by atoms with van der Waals surface area (Å²) in [6.45, 7) is 0.962. The lowest BCUT2D eigenvalue weighted by molar-refractivity contribution is 0.0951. The van der Waals surface area contributed by atoms with Crippen LogP contribution in [0.2, 0.25) is 0 Å². The minimum atomic E-state index is -0.116. The molecule has 0 radical (unpaired) electrons. The second-order valence-corrected chi connectivity index (χ2v) is 8.05. The van der Waals surface area contributed by atoms with E-state index in [4.69, 9.17) is 0 Å². The number of hydrogen-bond donors (Lipinski definition) is 1. The fourth-order valence-corrected chi connectivity index (χ4v) is 3.81. The number of nitrogens with one attached hydrogen (secondary N) is 1. The van der Waals surface area contributed by atoms with Crippen molar-refractivity contribution in [2.75, 3.05) is 0 Å². The molecule has 1 amide bonds. The fraction of sp³-hybridized carbons (Fsp3) is 0.0800. The van der Waals surface area contributed by atoms with Crippen molar-refractivity contribution in [1.29, 1.82) is 0 Å². The molecule has 31 heavy (non-hydrogen) atoms. The van der Waals surface area contributed by atoms with Crippen molar-refractivity contribution in [2.24, 2.45) is 0 Å². The quantitative estimate of drug-likeness (QED) is 0.476. The first kappa shape index (κ1) is 20.6. The van der Waals surface area contributed by atoms with Gasteiger partial charge >= 0.3 is 0 Å². The van der Waals surface area contributed by atoms with E-state index in [0.717, 1.165) is 21.0 Å². The first-order chi connectivity index (χ1) is 15.2. The molecule has 154 valence electrons. The molecule has 0 unspecified atom stereocenters. The van der Waals surface area contributed by atoms with E-state index in [1.54, 1.807) is 40.9 Å². The van der Waals surface area contributed by atoms with Crippen molar-refractivity contribution in [3.8, 4) is 0 Å². The van der Waals surface area contributed by atoms with Crippen LogP contribution < -0.4 is 10.9 Å². The minimum absolute atomic E-state index is 0.0247. The molecule has 0 saturated carbocycles. The van der Waals surface area contributed by atoms with Crippen LogP contribution >= 0.6 is 11.8 Å². The first-order valence-corrected chi connectivity index (χ1v) is 10.7. The molecule has 0 atom stereocenters. The summed E-state index contributed by atoms with van der Waals surface area (Å²) in [5, 5.41) is 3.87. The highest BCUT2D eigenvalue weighted by Gasteiger charge is 2.06. The predicted octanol–water partition coefficient (Wildman–Crippen LogP) is 4.37. The summed E-state index contributed by atoms with van der Waals surface area (Å²) in [6, 6.07) is 26.3. The van der Waals surface area contributed by atoms with Gasteiger partial charge in [-0.05, 0) is 53.6 Å². The largest absolute Gasteiger partial charge is 0.348 e. The fourth-order valence-electron chi connectivity index (χ4n) is 3.04. The number of nitrogens with zero attached hydrogens (tertiary/aromatic N) is 2. The van der Waals surface area contributed by atoms with E-state index in [0.29, 0.717) is 18.7 Å². The van der Waals surface area contributed by atoms with Crippen molar-refractivity contribution in [2.45, 2.75) is 23.0 Å². The minimum Gasteiger partial charge on any atom is -0.348 e. The van der Waals surface area contributed by atoms with Crippen LogP contribution in [-0.4, -0.2) is 15.5 Å². The lowest BCUT2D eigenvalue weighted by Gasteiger charge is -2.08. The van der Waals surface area contributed by atoms with E-state index in [1.165, 1.54) is 0 Å².